The molecule has 0 N–H and O–H groups in total. The van der Waals surface area contributed by atoms with Crippen molar-refractivity contribution in [2.24, 2.45) is 4.99 Å². The van der Waals surface area contributed by atoms with Crippen LogP contribution < -0.4 is 0 Å². The van der Waals surface area contributed by atoms with Crippen LogP contribution in [0.15, 0.2) is 23.3 Å². The van der Waals surface area contributed by atoms with Gasteiger partial charge >= 0.3 is 0 Å². The molecule has 1 aromatic rings. The monoisotopic (exact) mass is 207 g/mol. The van der Waals surface area contributed by atoms with Crippen molar-refractivity contribution >= 4 is 17.3 Å². The van der Waals surface area contributed by atoms with Crippen LogP contribution in [0.2, 0.25) is 5.15 Å². The molecule has 0 radical (unpaired) electrons. The summed E-state index contributed by atoms with van der Waals surface area (Å²) in [4.78, 5) is 8.16. The molecule has 3 nitrogen and oxygen atoms in total. The number of aromatic nitrogens is 1. The Morgan fingerprint density at radius 1 is 1.64 bits per heavy atom. The van der Waals surface area contributed by atoms with Gasteiger partial charge in [0.05, 0.1) is 19.0 Å². The summed E-state index contributed by atoms with van der Waals surface area (Å²) in [7, 11) is 0. The third kappa shape index (κ3) is 3.55. The van der Waals surface area contributed by atoms with Gasteiger partial charge in [-0.2, -0.15) is 5.26 Å². The minimum absolute atomic E-state index is 0.376. The van der Waals surface area contributed by atoms with Crippen molar-refractivity contribution in [1.82, 2.24) is 4.98 Å². The highest BCUT2D eigenvalue weighted by Gasteiger charge is 1.93. The molecule has 0 saturated carbocycles. The van der Waals surface area contributed by atoms with E-state index in [4.69, 9.17) is 16.9 Å². The lowest BCUT2D eigenvalue weighted by Crippen LogP contribution is -1.91. The van der Waals surface area contributed by atoms with Crippen molar-refractivity contribution < 1.29 is 0 Å². The van der Waals surface area contributed by atoms with Crippen LogP contribution in [0, 0.1) is 11.3 Å². The standard InChI is InChI=1S/C10H10ClN3/c1-8(4-5-12)13-6-9-2-3-10(11)14-7-9/h2-3,7H,4,6H2,1H3. The van der Waals surface area contributed by atoms with E-state index in [0.29, 0.717) is 18.1 Å². The van der Waals surface area contributed by atoms with Crippen molar-refractivity contribution in [1.29, 1.82) is 5.26 Å². The Morgan fingerprint density at radius 3 is 3.00 bits per heavy atom. The van der Waals surface area contributed by atoms with Gasteiger partial charge in [-0.25, -0.2) is 4.98 Å². The molecule has 72 valence electrons. The van der Waals surface area contributed by atoms with Gasteiger partial charge in [0, 0.05) is 11.9 Å². The third-order valence-corrected chi connectivity index (χ3v) is 1.88. The zero-order chi connectivity index (χ0) is 10.4. The lowest BCUT2D eigenvalue weighted by Gasteiger charge is -1.97. The molecular weight excluding hydrogens is 198 g/mol. The fraction of sp³-hybridized carbons (Fsp3) is 0.300. The Bertz CT molecular complexity index is 362. The second kappa shape index (κ2) is 5.36. The number of aliphatic imine (C=N–C) groups is 1. The second-order valence-electron chi connectivity index (χ2n) is 2.88. The van der Waals surface area contributed by atoms with E-state index in [2.05, 4.69) is 9.98 Å². The van der Waals surface area contributed by atoms with Crippen LogP contribution in [-0.4, -0.2) is 10.7 Å². The number of hydrogen-bond donors (Lipinski definition) is 0. The van der Waals surface area contributed by atoms with Crippen molar-refractivity contribution in [3.63, 3.8) is 0 Å². The maximum absolute atomic E-state index is 8.41. The van der Waals surface area contributed by atoms with Crippen LogP contribution in [-0.2, 0) is 6.54 Å². The summed E-state index contributed by atoms with van der Waals surface area (Å²) in [5.41, 5.74) is 1.83. The van der Waals surface area contributed by atoms with E-state index in [-0.39, 0.29) is 0 Å². The summed E-state index contributed by atoms with van der Waals surface area (Å²) in [6, 6.07) is 5.65. The molecule has 1 aromatic heterocycles. The molecule has 0 aliphatic heterocycles. The highest BCUT2D eigenvalue weighted by Crippen LogP contribution is 2.06. The van der Waals surface area contributed by atoms with Gasteiger partial charge in [-0.1, -0.05) is 17.7 Å². The van der Waals surface area contributed by atoms with Crippen LogP contribution >= 0.6 is 11.6 Å². The summed E-state index contributed by atoms with van der Waals surface area (Å²) >= 11 is 5.63. The summed E-state index contributed by atoms with van der Waals surface area (Å²) < 4.78 is 0. The van der Waals surface area contributed by atoms with E-state index in [1.54, 1.807) is 12.3 Å². The fourth-order valence-corrected chi connectivity index (χ4v) is 1.01. The first kappa shape index (κ1) is 10.7. The lowest BCUT2D eigenvalue weighted by atomic mass is 10.3. The minimum atomic E-state index is 0.376. The molecule has 0 aliphatic carbocycles. The van der Waals surface area contributed by atoms with Crippen LogP contribution in [0.3, 0.4) is 0 Å². The molecule has 14 heavy (non-hydrogen) atoms. The quantitative estimate of drug-likeness (QED) is 0.565. The summed E-state index contributed by atoms with van der Waals surface area (Å²) in [6.07, 6.45) is 2.06. The van der Waals surface area contributed by atoms with Crippen molar-refractivity contribution in [3.8, 4) is 6.07 Å². The minimum Gasteiger partial charge on any atom is -0.289 e. The molecule has 0 atom stereocenters. The van der Waals surface area contributed by atoms with Crippen molar-refractivity contribution in [2.45, 2.75) is 19.9 Å². The highest BCUT2D eigenvalue weighted by molar-refractivity contribution is 6.29. The molecule has 0 aliphatic rings. The van der Waals surface area contributed by atoms with Gasteiger partial charge < -0.3 is 0 Å². The molecule has 4 heteroatoms. The van der Waals surface area contributed by atoms with Gasteiger partial charge in [-0.15, -0.1) is 0 Å². The average Bonchev–Trinajstić information content (AvgIpc) is 2.17. The lowest BCUT2D eigenvalue weighted by molar-refractivity contribution is 1.03. The molecule has 0 bridgehead atoms. The van der Waals surface area contributed by atoms with E-state index in [0.717, 1.165) is 11.3 Å². The van der Waals surface area contributed by atoms with Crippen LogP contribution in [0.4, 0.5) is 0 Å². The Balaban J connectivity index is 2.58. The molecular formula is C10H10ClN3. The average molecular weight is 208 g/mol. The Hall–Kier alpha value is -1.40. The van der Waals surface area contributed by atoms with E-state index >= 15 is 0 Å². The number of hydrogen-bond acceptors (Lipinski definition) is 3. The van der Waals surface area contributed by atoms with E-state index in [1.807, 2.05) is 19.1 Å². The number of nitrogens with zero attached hydrogens (tertiary/aromatic N) is 3. The largest absolute Gasteiger partial charge is 0.289 e. The van der Waals surface area contributed by atoms with Gasteiger partial charge in [-0.05, 0) is 18.6 Å². The smallest absolute Gasteiger partial charge is 0.129 e. The number of halogens is 1. The molecule has 0 unspecified atom stereocenters. The van der Waals surface area contributed by atoms with E-state index in [1.165, 1.54) is 0 Å². The highest BCUT2D eigenvalue weighted by atomic mass is 35.5. The van der Waals surface area contributed by atoms with Gasteiger partial charge in [-0.3, -0.25) is 4.99 Å². The first-order valence-electron chi connectivity index (χ1n) is 4.19. The number of nitriles is 1. The molecule has 0 fully saturated rings. The molecule has 0 saturated heterocycles. The second-order valence-corrected chi connectivity index (χ2v) is 3.26. The molecule has 1 heterocycles. The first-order chi connectivity index (χ1) is 6.72. The topological polar surface area (TPSA) is 49.0 Å². The van der Waals surface area contributed by atoms with Crippen LogP contribution in [0.5, 0.6) is 0 Å². The van der Waals surface area contributed by atoms with Crippen LogP contribution in [0.1, 0.15) is 18.9 Å². The zero-order valence-electron chi connectivity index (χ0n) is 7.87. The Kier molecular flexibility index (Phi) is 4.09. The van der Waals surface area contributed by atoms with E-state index < -0.39 is 0 Å². The Morgan fingerprint density at radius 2 is 2.43 bits per heavy atom. The third-order valence-electron chi connectivity index (χ3n) is 1.66. The first-order valence-corrected chi connectivity index (χ1v) is 4.57. The maximum atomic E-state index is 8.41. The van der Waals surface area contributed by atoms with Crippen molar-refractivity contribution in [3.05, 3.63) is 29.0 Å². The predicted molar refractivity (Wildman–Crippen MR) is 56.3 cm³/mol. The fourth-order valence-electron chi connectivity index (χ4n) is 0.897. The number of rotatable bonds is 3. The summed E-state index contributed by atoms with van der Waals surface area (Å²) in [5, 5.41) is 8.89. The number of pyridine rings is 1. The van der Waals surface area contributed by atoms with Gasteiger partial charge in [0.15, 0.2) is 0 Å². The van der Waals surface area contributed by atoms with Gasteiger partial charge in [0.1, 0.15) is 5.15 Å². The van der Waals surface area contributed by atoms with E-state index in [9.17, 15) is 0 Å². The van der Waals surface area contributed by atoms with Gasteiger partial charge in [0.25, 0.3) is 0 Å². The van der Waals surface area contributed by atoms with Crippen molar-refractivity contribution in [2.75, 3.05) is 0 Å². The Labute approximate surface area is 88.1 Å². The summed E-state index contributed by atoms with van der Waals surface area (Å²) in [5.74, 6) is 0. The van der Waals surface area contributed by atoms with Gasteiger partial charge in [0.2, 0.25) is 0 Å². The molecule has 0 aromatic carbocycles. The maximum Gasteiger partial charge on any atom is 0.129 e. The van der Waals surface area contributed by atoms with Crippen LogP contribution in [0.25, 0.3) is 0 Å². The summed E-state index contributed by atoms with van der Waals surface area (Å²) in [6.45, 7) is 2.39. The molecule has 1 rings (SSSR count). The molecule has 0 amide bonds. The SMILES string of the molecule is CC(CC#N)=NCc1ccc(Cl)nc1. The zero-order valence-corrected chi connectivity index (χ0v) is 8.62. The molecule has 0 spiro atoms. The predicted octanol–water partition coefficient (Wildman–Crippen LogP) is 2.61. The normalized spacial score (nSPS) is 11.1.